The number of amides is 1. The van der Waals surface area contributed by atoms with Crippen molar-refractivity contribution < 1.29 is 17.8 Å². The Labute approximate surface area is 131 Å². The first-order chi connectivity index (χ1) is 10.5. The van der Waals surface area contributed by atoms with Crippen LogP contribution < -0.4 is 5.32 Å². The second-order valence-electron chi connectivity index (χ2n) is 5.02. The van der Waals surface area contributed by atoms with Crippen LogP contribution in [0.3, 0.4) is 0 Å². The van der Waals surface area contributed by atoms with Crippen LogP contribution in [-0.4, -0.2) is 28.2 Å². The van der Waals surface area contributed by atoms with Crippen LogP contribution in [0.15, 0.2) is 41.0 Å². The minimum absolute atomic E-state index is 0.0217. The van der Waals surface area contributed by atoms with Gasteiger partial charge in [-0.15, -0.1) is 0 Å². The first-order valence-electron chi connectivity index (χ1n) is 6.93. The summed E-state index contributed by atoms with van der Waals surface area (Å²) in [6, 6.07) is 7.54. The molecule has 4 nitrogen and oxygen atoms in total. The fraction of sp³-hybridized carbons (Fsp3) is 0.312. The third-order valence-corrected chi connectivity index (χ3v) is 4.80. The lowest BCUT2D eigenvalue weighted by Gasteiger charge is -2.09. The van der Waals surface area contributed by atoms with Crippen LogP contribution in [0.1, 0.15) is 23.9 Å². The zero-order chi connectivity index (χ0) is 16.1. The third-order valence-electron chi connectivity index (χ3n) is 3.43. The summed E-state index contributed by atoms with van der Waals surface area (Å²) < 4.78 is 29.5. The van der Waals surface area contributed by atoms with Gasteiger partial charge in [-0.25, -0.2) is 4.39 Å². The van der Waals surface area contributed by atoms with Crippen molar-refractivity contribution in [3.63, 3.8) is 0 Å². The number of benzene rings is 1. The largest absolute Gasteiger partial charge is 0.459 e. The molecule has 0 unspecified atom stereocenters. The van der Waals surface area contributed by atoms with E-state index >= 15 is 0 Å². The highest BCUT2D eigenvalue weighted by Gasteiger charge is 2.17. The Morgan fingerprint density at radius 2 is 2.00 bits per heavy atom. The Morgan fingerprint density at radius 3 is 2.64 bits per heavy atom. The predicted octanol–water partition coefficient (Wildman–Crippen LogP) is 2.97. The van der Waals surface area contributed by atoms with Crippen molar-refractivity contribution in [2.24, 2.45) is 0 Å². The average molecular weight is 323 g/mol. The molecule has 0 radical (unpaired) electrons. The number of hydrogen-bond donors (Lipinski definition) is 1. The highest BCUT2D eigenvalue weighted by atomic mass is 32.2. The topological polar surface area (TPSA) is 59.3 Å². The van der Waals surface area contributed by atoms with Crippen LogP contribution >= 0.6 is 0 Å². The highest BCUT2D eigenvalue weighted by Crippen LogP contribution is 2.25. The van der Waals surface area contributed by atoms with Gasteiger partial charge in [0.15, 0.2) is 5.76 Å². The minimum Gasteiger partial charge on any atom is -0.459 e. The molecule has 0 fully saturated rings. The lowest BCUT2D eigenvalue weighted by atomic mass is 10.1. The summed E-state index contributed by atoms with van der Waals surface area (Å²) in [6.07, 6.45) is 3.70. The molecule has 0 saturated heterocycles. The van der Waals surface area contributed by atoms with Gasteiger partial charge in [-0.3, -0.25) is 9.00 Å². The van der Waals surface area contributed by atoms with Crippen LogP contribution in [0.2, 0.25) is 0 Å². The maximum Gasteiger partial charge on any atom is 0.287 e. The molecule has 0 bridgehead atoms. The second-order valence-corrected chi connectivity index (χ2v) is 6.83. The van der Waals surface area contributed by atoms with Crippen molar-refractivity contribution in [3.05, 3.63) is 48.2 Å². The highest BCUT2D eigenvalue weighted by molar-refractivity contribution is 7.84. The standard InChI is InChI=1S/C16H18FNO3S/c1-11(22(2)20)7-9-18-16(19)15-14(8-10-21-15)12-3-5-13(17)6-4-12/h3-6,8,10-11H,7,9H2,1-2H3,(H,18,19)/t11-,22+/m0/s1. The molecular weight excluding hydrogens is 305 g/mol. The van der Waals surface area contributed by atoms with Gasteiger partial charge in [0, 0.05) is 34.4 Å². The van der Waals surface area contributed by atoms with Gasteiger partial charge < -0.3 is 9.73 Å². The molecule has 1 amide bonds. The zero-order valence-corrected chi connectivity index (χ0v) is 13.3. The quantitative estimate of drug-likeness (QED) is 0.889. The lowest BCUT2D eigenvalue weighted by Crippen LogP contribution is -2.27. The van der Waals surface area contributed by atoms with E-state index in [9.17, 15) is 13.4 Å². The van der Waals surface area contributed by atoms with Crippen LogP contribution in [0.5, 0.6) is 0 Å². The molecule has 0 aliphatic rings. The van der Waals surface area contributed by atoms with Crippen molar-refractivity contribution in [1.82, 2.24) is 5.32 Å². The van der Waals surface area contributed by atoms with E-state index in [-0.39, 0.29) is 22.7 Å². The molecular formula is C16H18FNO3S. The summed E-state index contributed by atoms with van der Waals surface area (Å²) in [5, 5.41) is 2.77. The molecule has 2 aromatic rings. The molecule has 2 rings (SSSR count). The number of carbonyl (C=O) groups is 1. The molecule has 0 aliphatic heterocycles. The number of carbonyl (C=O) groups excluding carboxylic acids is 1. The fourth-order valence-corrected chi connectivity index (χ4v) is 2.43. The smallest absolute Gasteiger partial charge is 0.287 e. The molecule has 6 heteroatoms. The van der Waals surface area contributed by atoms with Gasteiger partial charge in [-0.2, -0.15) is 0 Å². The van der Waals surface area contributed by atoms with E-state index in [1.54, 1.807) is 24.5 Å². The summed E-state index contributed by atoms with van der Waals surface area (Å²) in [6.45, 7) is 2.29. The van der Waals surface area contributed by atoms with Crippen LogP contribution in [0, 0.1) is 5.82 Å². The first-order valence-corrected chi connectivity index (χ1v) is 8.55. The monoisotopic (exact) mass is 323 g/mol. The fourth-order valence-electron chi connectivity index (χ4n) is 1.98. The van der Waals surface area contributed by atoms with Crippen LogP contribution in [-0.2, 0) is 10.8 Å². The molecule has 1 heterocycles. The van der Waals surface area contributed by atoms with Crippen molar-refractivity contribution in [3.8, 4) is 11.1 Å². The Balaban J connectivity index is 2.04. The summed E-state index contributed by atoms with van der Waals surface area (Å²) in [5.74, 6) is -0.477. The molecule has 118 valence electrons. The number of rotatable bonds is 6. The number of nitrogens with one attached hydrogen (secondary N) is 1. The second kappa shape index (κ2) is 7.35. The summed E-state index contributed by atoms with van der Waals surface area (Å²) in [5.41, 5.74) is 1.33. The van der Waals surface area contributed by atoms with Crippen molar-refractivity contribution in [2.45, 2.75) is 18.6 Å². The van der Waals surface area contributed by atoms with Crippen LogP contribution in [0.4, 0.5) is 4.39 Å². The summed E-state index contributed by atoms with van der Waals surface area (Å²) in [7, 11) is -0.908. The van der Waals surface area contributed by atoms with Crippen molar-refractivity contribution >= 4 is 16.7 Å². The molecule has 1 aromatic carbocycles. The van der Waals surface area contributed by atoms with Gasteiger partial charge in [0.2, 0.25) is 0 Å². The molecule has 0 spiro atoms. The van der Waals surface area contributed by atoms with Gasteiger partial charge in [0.1, 0.15) is 5.82 Å². The van der Waals surface area contributed by atoms with E-state index in [2.05, 4.69) is 5.32 Å². The summed E-state index contributed by atoms with van der Waals surface area (Å²) >= 11 is 0. The maximum absolute atomic E-state index is 13.0. The molecule has 22 heavy (non-hydrogen) atoms. The third kappa shape index (κ3) is 4.04. The van der Waals surface area contributed by atoms with Crippen molar-refractivity contribution in [2.75, 3.05) is 12.8 Å². The van der Waals surface area contributed by atoms with E-state index < -0.39 is 10.8 Å². The average Bonchev–Trinajstić information content (AvgIpc) is 2.97. The SMILES string of the molecule is C[C@@H](CCNC(=O)c1occc1-c1ccc(F)cc1)[S@@](C)=O. The van der Waals surface area contributed by atoms with Gasteiger partial charge in [-0.05, 0) is 30.2 Å². The Bertz CT molecular complexity index is 666. The number of hydrogen-bond acceptors (Lipinski definition) is 3. The summed E-state index contributed by atoms with van der Waals surface area (Å²) in [4.78, 5) is 12.2. The Kier molecular flexibility index (Phi) is 5.49. The molecule has 0 saturated carbocycles. The van der Waals surface area contributed by atoms with Gasteiger partial charge >= 0.3 is 0 Å². The number of furan rings is 1. The zero-order valence-electron chi connectivity index (χ0n) is 12.5. The molecule has 0 aliphatic carbocycles. The molecule has 1 aromatic heterocycles. The minimum atomic E-state index is -0.908. The Hall–Kier alpha value is -1.95. The van der Waals surface area contributed by atoms with E-state index in [0.717, 1.165) is 0 Å². The van der Waals surface area contributed by atoms with E-state index in [1.165, 1.54) is 18.4 Å². The van der Waals surface area contributed by atoms with E-state index in [4.69, 9.17) is 4.42 Å². The number of halogens is 1. The lowest BCUT2D eigenvalue weighted by molar-refractivity contribution is 0.0926. The molecule has 2 atom stereocenters. The normalized spacial score (nSPS) is 13.6. The van der Waals surface area contributed by atoms with E-state index in [1.807, 2.05) is 6.92 Å². The van der Waals surface area contributed by atoms with Gasteiger partial charge in [0.05, 0.1) is 6.26 Å². The Morgan fingerprint density at radius 1 is 1.32 bits per heavy atom. The van der Waals surface area contributed by atoms with Crippen molar-refractivity contribution in [1.29, 1.82) is 0 Å². The van der Waals surface area contributed by atoms with Gasteiger partial charge in [-0.1, -0.05) is 19.1 Å². The van der Waals surface area contributed by atoms with E-state index in [0.29, 0.717) is 24.1 Å². The predicted molar refractivity (Wildman–Crippen MR) is 84.6 cm³/mol. The molecule has 1 N–H and O–H groups in total. The first kappa shape index (κ1) is 16.4. The van der Waals surface area contributed by atoms with Crippen LogP contribution in [0.25, 0.3) is 11.1 Å². The maximum atomic E-state index is 13.0. The van der Waals surface area contributed by atoms with Gasteiger partial charge in [0.25, 0.3) is 5.91 Å².